The Kier molecular flexibility index (Phi) is 4.35. The van der Waals surface area contributed by atoms with Crippen molar-refractivity contribution in [1.82, 2.24) is 4.90 Å². The SMILES string of the molecule is NC(=S)CCN(Cc1sccc1Br)C1CC1. The Morgan fingerprint density at radius 1 is 1.62 bits per heavy atom. The molecule has 0 saturated heterocycles. The maximum absolute atomic E-state index is 5.56. The van der Waals surface area contributed by atoms with Gasteiger partial charge in [0.1, 0.15) is 0 Å². The molecule has 0 aliphatic heterocycles. The van der Waals surface area contributed by atoms with E-state index in [-0.39, 0.29) is 0 Å². The number of rotatable bonds is 6. The van der Waals surface area contributed by atoms with Crippen LogP contribution in [0.5, 0.6) is 0 Å². The van der Waals surface area contributed by atoms with E-state index in [1.165, 1.54) is 22.2 Å². The molecule has 88 valence electrons. The molecule has 0 aromatic carbocycles. The standard InChI is InChI=1S/C11H15BrN2S2/c12-9-4-6-16-10(9)7-14(8-1-2-8)5-3-11(13)15/h4,6,8H,1-3,5,7H2,(H2,13,15). The summed E-state index contributed by atoms with van der Waals surface area (Å²) >= 11 is 10.3. The number of hydrogen-bond acceptors (Lipinski definition) is 3. The van der Waals surface area contributed by atoms with Crippen LogP contribution in [-0.2, 0) is 6.54 Å². The number of nitrogens with zero attached hydrogens (tertiary/aromatic N) is 1. The molecule has 1 aliphatic rings. The predicted octanol–water partition coefficient (Wildman–Crippen LogP) is 3.15. The Hall–Kier alpha value is 0.0300. The summed E-state index contributed by atoms with van der Waals surface area (Å²) in [6.07, 6.45) is 3.47. The molecule has 2 rings (SSSR count). The van der Waals surface area contributed by atoms with Crippen molar-refractivity contribution in [3.63, 3.8) is 0 Å². The van der Waals surface area contributed by atoms with E-state index in [1.54, 1.807) is 11.3 Å². The van der Waals surface area contributed by atoms with E-state index in [2.05, 4.69) is 32.3 Å². The van der Waals surface area contributed by atoms with E-state index in [9.17, 15) is 0 Å². The van der Waals surface area contributed by atoms with Crippen LogP contribution in [0.4, 0.5) is 0 Å². The maximum Gasteiger partial charge on any atom is 0.0740 e. The van der Waals surface area contributed by atoms with Crippen LogP contribution in [0.2, 0.25) is 0 Å². The van der Waals surface area contributed by atoms with Crippen molar-refractivity contribution in [3.05, 3.63) is 20.8 Å². The average molecular weight is 319 g/mol. The fourth-order valence-electron chi connectivity index (χ4n) is 1.71. The zero-order valence-corrected chi connectivity index (χ0v) is 12.2. The van der Waals surface area contributed by atoms with Gasteiger partial charge >= 0.3 is 0 Å². The van der Waals surface area contributed by atoms with Gasteiger partial charge in [0.05, 0.1) is 4.99 Å². The molecule has 1 fully saturated rings. The quantitative estimate of drug-likeness (QED) is 0.817. The molecule has 0 spiro atoms. The minimum absolute atomic E-state index is 0.621. The second-order valence-corrected chi connectivity index (χ2v) is 6.49. The third-order valence-corrected chi connectivity index (χ3v) is 4.86. The van der Waals surface area contributed by atoms with Crippen molar-refractivity contribution in [2.45, 2.75) is 31.8 Å². The number of halogens is 1. The Balaban J connectivity index is 1.92. The fraction of sp³-hybridized carbons (Fsp3) is 0.545. The molecule has 5 heteroatoms. The summed E-state index contributed by atoms with van der Waals surface area (Å²) in [5.41, 5.74) is 5.56. The Bertz CT molecular complexity index is 374. The van der Waals surface area contributed by atoms with E-state index in [1.807, 2.05) is 0 Å². The molecular formula is C11H15BrN2S2. The van der Waals surface area contributed by atoms with Crippen LogP contribution >= 0.6 is 39.5 Å². The molecule has 1 saturated carbocycles. The van der Waals surface area contributed by atoms with Gasteiger partial charge < -0.3 is 5.73 Å². The summed E-state index contributed by atoms with van der Waals surface area (Å²) in [6, 6.07) is 2.86. The number of hydrogen-bond donors (Lipinski definition) is 1. The van der Waals surface area contributed by atoms with Crippen LogP contribution in [0, 0.1) is 0 Å². The van der Waals surface area contributed by atoms with E-state index < -0.39 is 0 Å². The van der Waals surface area contributed by atoms with E-state index in [4.69, 9.17) is 18.0 Å². The summed E-state index contributed by atoms with van der Waals surface area (Å²) in [4.78, 5) is 4.51. The van der Waals surface area contributed by atoms with Crippen LogP contribution in [-0.4, -0.2) is 22.5 Å². The highest BCUT2D eigenvalue weighted by atomic mass is 79.9. The van der Waals surface area contributed by atoms with Gasteiger partial charge in [-0.05, 0) is 40.2 Å². The first kappa shape index (κ1) is 12.5. The van der Waals surface area contributed by atoms with Gasteiger partial charge in [-0.1, -0.05) is 12.2 Å². The first-order chi connectivity index (χ1) is 7.66. The monoisotopic (exact) mass is 318 g/mol. The van der Waals surface area contributed by atoms with Gasteiger partial charge in [0, 0.05) is 34.9 Å². The van der Waals surface area contributed by atoms with Crippen molar-refractivity contribution in [2.24, 2.45) is 5.73 Å². The van der Waals surface area contributed by atoms with Gasteiger partial charge in [-0.25, -0.2) is 0 Å². The molecule has 1 aromatic rings. The maximum atomic E-state index is 5.56. The second-order valence-electron chi connectivity index (χ2n) is 4.11. The largest absolute Gasteiger partial charge is 0.393 e. The summed E-state index contributed by atoms with van der Waals surface area (Å²) < 4.78 is 1.22. The molecule has 0 bridgehead atoms. The smallest absolute Gasteiger partial charge is 0.0740 e. The lowest BCUT2D eigenvalue weighted by molar-refractivity contribution is 0.264. The highest BCUT2D eigenvalue weighted by molar-refractivity contribution is 9.10. The van der Waals surface area contributed by atoms with Crippen LogP contribution in [0.3, 0.4) is 0 Å². The predicted molar refractivity (Wildman–Crippen MR) is 76.9 cm³/mol. The molecule has 1 aliphatic carbocycles. The Morgan fingerprint density at radius 2 is 2.38 bits per heavy atom. The molecule has 0 amide bonds. The molecule has 1 heterocycles. The topological polar surface area (TPSA) is 29.3 Å². The Labute approximate surface area is 114 Å². The summed E-state index contributed by atoms with van der Waals surface area (Å²) in [5.74, 6) is 0. The van der Waals surface area contributed by atoms with Crippen LogP contribution in [0.15, 0.2) is 15.9 Å². The van der Waals surface area contributed by atoms with Gasteiger partial charge in [-0.15, -0.1) is 11.3 Å². The lowest BCUT2D eigenvalue weighted by Gasteiger charge is -2.21. The lowest BCUT2D eigenvalue weighted by Crippen LogP contribution is -2.29. The van der Waals surface area contributed by atoms with E-state index in [0.29, 0.717) is 4.99 Å². The Morgan fingerprint density at radius 3 is 2.88 bits per heavy atom. The van der Waals surface area contributed by atoms with Gasteiger partial charge in [-0.2, -0.15) is 0 Å². The van der Waals surface area contributed by atoms with Crippen LogP contribution in [0.1, 0.15) is 24.1 Å². The van der Waals surface area contributed by atoms with Crippen LogP contribution in [0.25, 0.3) is 0 Å². The fourth-order valence-corrected chi connectivity index (χ4v) is 3.30. The van der Waals surface area contributed by atoms with Gasteiger partial charge in [0.25, 0.3) is 0 Å². The van der Waals surface area contributed by atoms with Crippen molar-refractivity contribution in [3.8, 4) is 0 Å². The minimum atomic E-state index is 0.621. The zero-order valence-electron chi connectivity index (χ0n) is 8.99. The first-order valence-electron chi connectivity index (χ1n) is 5.41. The molecular weight excluding hydrogens is 304 g/mol. The van der Waals surface area contributed by atoms with Crippen molar-refractivity contribution in [1.29, 1.82) is 0 Å². The van der Waals surface area contributed by atoms with Gasteiger partial charge in [0.15, 0.2) is 0 Å². The third kappa shape index (κ3) is 3.52. The molecule has 1 aromatic heterocycles. The zero-order chi connectivity index (χ0) is 11.5. The van der Waals surface area contributed by atoms with E-state index >= 15 is 0 Å². The van der Waals surface area contributed by atoms with Crippen molar-refractivity contribution >= 4 is 44.5 Å². The molecule has 2 N–H and O–H groups in total. The number of thiocarbonyl (C=S) groups is 1. The molecule has 0 atom stereocenters. The molecule has 0 radical (unpaired) electrons. The summed E-state index contributed by atoms with van der Waals surface area (Å²) in [7, 11) is 0. The highest BCUT2D eigenvalue weighted by Gasteiger charge is 2.29. The molecule has 0 unspecified atom stereocenters. The highest BCUT2D eigenvalue weighted by Crippen LogP contribution is 2.31. The molecule has 2 nitrogen and oxygen atoms in total. The average Bonchev–Trinajstić information content (AvgIpc) is 2.99. The van der Waals surface area contributed by atoms with Crippen molar-refractivity contribution in [2.75, 3.05) is 6.54 Å². The molecule has 16 heavy (non-hydrogen) atoms. The summed E-state index contributed by atoms with van der Waals surface area (Å²) in [5, 5.41) is 2.12. The second kappa shape index (κ2) is 5.58. The number of nitrogens with two attached hydrogens (primary N) is 1. The third-order valence-electron chi connectivity index (χ3n) is 2.75. The van der Waals surface area contributed by atoms with Gasteiger partial charge in [-0.3, -0.25) is 4.90 Å². The van der Waals surface area contributed by atoms with Crippen LogP contribution < -0.4 is 5.73 Å². The number of thiophene rings is 1. The van der Waals surface area contributed by atoms with Gasteiger partial charge in [0.2, 0.25) is 0 Å². The van der Waals surface area contributed by atoms with E-state index in [0.717, 1.165) is 25.6 Å². The lowest BCUT2D eigenvalue weighted by atomic mass is 10.3. The summed E-state index contributed by atoms with van der Waals surface area (Å²) in [6.45, 7) is 2.01. The first-order valence-corrected chi connectivity index (χ1v) is 7.49. The van der Waals surface area contributed by atoms with Crippen molar-refractivity contribution < 1.29 is 0 Å². The normalized spacial score (nSPS) is 15.6. The minimum Gasteiger partial charge on any atom is -0.393 e.